The Kier molecular flexibility index (Phi) is 5.45. The molecule has 1 amide bonds. The quantitative estimate of drug-likeness (QED) is 0.734. The summed E-state index contributed by atoms with van der Waals surface area (Å²) in [5.41, 5.74) is 1.46. The average Bonchev–Trinajstić information content (AvgIpc) is 3.06. The number of carbonyl (C=O) groups excluding carboxylic acids is 1. The predicted molar refractivity (Wildman–Crippen MR) is 98.5 cm³/mol. The van der Waals surface area contributed by atoms with Gasteiger partial charge in [0.15, 0.2) is 0 Å². The normalized spacial score (nSPS) is 21.8. The van der Waals surface area contributed by atoms with E-state index in [1.165, 1.54) is 0 Å². The Morgan fingerprint density at radius 2 is 2.12 bits per heavy atom. The fourth-order valence-electron chi connectivity index (χ4n) is 3.37. The lowest BCUT2D eigenvalue weighted by atomic mass is 9.87. The largest absolute Gasteiger partial charge is 0.396 e. The molecule has 2 aliphatic heterocycles. The number of likely N-dealkylation sites (N-methyl/N-ethyl adjacent to an activating group) is 1. The van der Waals surface area contributed by atoms with Gasteiger partial charge in [-0.25, -0.2) is 9.97 Å². The van der Waals surface area contributed by atoms with Crippen molar-refractivity contribution in [3.05, 3.63) is 17.1 Å². The van der Waals surface area contributed by atoms with Gasteiger partial charge in [0, 0.05) is 36.9 Å². The highest BCUT2D eigenvalue weighted by molar-refractivity contribution is 5.91. The number of ether oxygens (including phenoxy) is 1. The number of hydrogen-bond acceptors (Lipinski definition) is 7. The fourth-order valence-corrected chi connectivity index (χ4v) is 3.37. The summed E-state index contributed by atoms with van der Waals surface area (Å²) >= 11 is 0. The van der Waals surface area contributed by atoms with Gasteiger partial charge in [-0.15, -0.1) is 0 Å². The third-order valence-corrected chi connectivity index (χ3v) is 5.54. The zero-order valence-corrected chi connectivity index (χ0v) is 16.1. The van der Waals surface area contributed by atoms with E-state index in [0.29, 0.717) is 25.8 Å². The van der Waals surface area contributed by atoms with Crippen molar-refractivity contribution >= 4 is 11.7 Å². The number of amides is 1. The first kappa shape index (κ1) is 19.0. The summed E-state index contributed by atoms with van der Waals surface area (Å²) in [5, 5.41) is 12.3. The number of aliphatic hydroxyl groups is 1. The Morgan fingerprint density at radius 1 is 1.38 bits per heavy atom. The molecular formula is C18H29N5O3. The highest BCUT2D eigenvalue weighted by Gasteiger charge is 2.38. The van der Waals surface area contributed by atoms with Crippen molar-refractivity contribution < 1.29 is 14.6 Å². The molecule has 0 aromatic carbocycles. The zero-order chi connectivity index (χ0) is 18.9. The second-order valence-electron chi connectivity index (χ2n) is 7.77. The van der Waals surface area contributed by atoms with Crippen molar-refractivity contribution in [3.8, 4) is 0 Å². The number of aromatic nitrogens is 2. The maximum atomic E-state index is 12.6. The Hall–Kier alpha value is -1.77. The summed E-state index contributed by atoms with van der Waals surface area (Å²) in [6, 6.07) is 0.491. The van der Waals surface area contributed by atoms with Gasteiger partial charge in [0.2, 0.25) is 5.82 Å². The first-order valence-electron chi connectivity index (χ1n) is 9.09. The van der Waals surface area contributed by atoms with Gasteiger partial charge in [-0.1, -0.05) is 0 Å². The van der Waals surface area contributed by atoms with E-state index in [1.54, 1.807) is 0 Å². The van der Waals surface area contributed by atoms with Crippen LogP contribution in [-0.2, 0) is 4.74 Å². The van der Waals surface area contributed by atoms with E-state index >= 15 is 0 Å². The van der Waals surface area contributed by atoms with E-state index in [2.05, 4.69) is 39.2 Å². The Morgan fingerprint density at radius 3 is 2.65 bits per heavy atom. The van der Waals surface area contributed by atoms with Crippen LogP contribution in [0.15, 0.2) is 0 Å². The number of aliphatic hydroxyl groups excluding tert-OH is 1. The van der Waals surface area contributed by atoms with Crippen molar-refractivity contribution in [2.75, 3.05) is 58.5 Å². The molecule has 1 aromatic heterocycles. The van der Waals surface area contributed by atoms with Crippen LogP contribution in [0.2, 0.25) is 0 Å². The number of anilines is 1. The second-order valence-corrected chi connectivity index (χ2v) is 7.77. The van der Waals surface area contributed by atoms with E-state index in [1.807, 2.05) is 13.8 Å². The minimum Gasteiger partial charge on any atom is -0.396 e. The lowest BCUT2D eigenvalue weighted by Crippen LogP contribution is -2.53. The van der Waals surface area contributed by atoms with Crippen LogP contribution in [0.5, 0.6) is 0 Å². The van der Waals surface area contributed by atoms with Crippen LogP contribution in [0.1, 0.15) is 28.3 Å². The van der Waals surface area contributed by atoms with Gasteiger partial charge in [-0.3, -0.25) is 4.79 Å². The van der Waals surface area contributed by atoms with Gasteiger partial charge in [0.05, 0.1) is 25.2 Å². The van der Waals surface area contributed by atoms with Crippen LogP contribution in [0.3, 0.4) is 0 Å². The molecule has 0 bridgehead atoms. The topological polar surface area (TPSA) is 90.8 Å². The highest BCUT2D eigenvalue weighted by atomic mass is 16.5. The first-order valence-corrected chi connectivity index (χ1v) is 9.09. The molecule has 0 unspecified atom stereocenters. The van der Waals surface area contributed by atoms with Crippen LogP contribution < -0.4 is 10.2 Å². The minimum absolute atomic E-state index is 0.00792. The molecule has 3 heterocycles. The molecule has 8 nitrogen and oxygen atoms in total. The van der Waals surface area contributed by atoms with E-state index in [4.69, 9.17) is 4.74 Å². The van der Waals surface area contributed by atoms with Gasteiger partial charge < -0.3 is 25.0 Å². The molecule has 2 saturated heterocycles. The monoisotopic (exact) mass is 363 g/mol. The summed E-state index contributed by atoms with van der Waals surface area (Å²) in [6.07, 6.45) is 1.08. The van der Waals surface area contributed by atoms with Gasteiger partial charge in [0.25, 0.3) is 5.91 Å². The van der Waals surface area contributed by atoms with Crippen molar-refractivity contribution in [1.29, 1.82) is 0 Å². The molecule has 2 aliphatic rings. The van der Waals surface area contributed by atoms with Gasteiger partial charge >= 0.3 is 0 Å². The summed E-state index contributed by atoms with van der Waals surface area (Å²) < 4.78 is 5.16. The molecule has 3 rings (SSSR count). The maximum absolute atomic E-state index is 12.6. The van der Waals surface area contributed by atoms with Crippen molar-refractivity contribution in [3.63, 3.8) is 0 Å². The highest BCUT2D eigenvalue weighted by Crippen LogP contribution is 2.27. The summed E-state index contributed by atoms with van der Waals surface area (Å²) in [4.78, 5) is 26.0. The lowest BCUT2D eigenvalue weighted by Gasteiger charge is -2.39. The van der Waals surface area contributed by atoms with E-state index in [0.717, 1.165) is 36.6 Å². The molecular weight excluding hydrogens is 334 g/mol. The van der Waals surface area contributed by atoms with Crippen molar-refractivity contribution in [2.45, 2.75) is 26.3 Å². The third-order valence-electron chi connectivity index (χ3n) is 5.54. The summed E-state index contributed by atoms with van der Waals surface area (Å²) in [6.45, 7) is 7.01. The van der Waals surface area contributed by atoms with E-state index < -0.39 is 0 Å². The average molecular weight is 363 g/mol. The van der Waals surface area contributed by atoms with Gasteiger partial charge in [-0.05, 0) is 34.4 Å². The number of hydrogen-bond donors (Lipinski definition) is 2. The van der Waals surface area contributed by atoms with Crippen LogP contribution in [0.4, 0.5) is 5.82 Å². The molecule has 0 spiro atoms. The van der Waals surface area contributed by atoms with E-state index in [-0.39, 0.29) is 23.8 Å². The molecule has 1 aromatic rings. The smallest absolute Gasteiger partial charge is 0.289 e. The first-order chi connectivity index (χ1) is 12.3. The number of nitrogens with zero attached hydrogens (tertiary/aromatic N) is 4. The SMILES string of the molecule is Cc1nc(C(=O)NCC2(CO)COC2)nc(N2CC[C@@H](N(C)C)C2)c1C. The number of rotatable bonds is 6. The second kappa shape index (κ2) is 7.46. The third kappa shape index (κ3) is 3.67. The molecule has 0 radical (unpaired) electrons. The number of aryl methyl sites for hydroxylation is 1. The van der Waals surface area contributed by atoms with Gasteiger partial charge in [0.1, 0.15) is 5.82 Å². The molecule has 2 N–H and O–H groups in total. The molecule has 144 valence electrons. The standard InChI is InChI=1S/C18H29N5O3/c1-12-13(2)20-15(17(25)19-8-18(9-24)10-26-11-18)21-16(12)23-6-5-14(7-23)22(3)4/h14,24H,5-11H2,1-4H3,(H,19,25)/t14-/m1/s1. The van der Waals surface area contributed by atoms with Crippen LogP contribution in [0, 0.1) is 19.3 Å². The summed E-state index contributed by atoms with van der Waals surface area (Å²) in [5.74, 6) is 0.720. The number of carbonyl (C=O) groups is 1. The molecule has 2 fully saturated rings. The molecule has 0 aliphatic carbocycles. The summed E-state index contributed by atoms with van der Waals surface area (Å²) in [7, 11) is 4.18. The van der Waals surface area contributed by atoms with Crippen molar-refractivity contribution in [1.82, 2.24) is 20.2 Å². The molecule has 0 saturated carbocycles. The van der Waals surface area contributed by atoms with Crippen LogP contribution >= 0.6 is 0 Å². The molecule has 26 heavy (non-hydrogen) atoms. The van der Waals surface area contributed by atoms with Crippen LogP contribution in [0.25, 0.3) is 0 Å². The predicted octanol–water partition coefficient (Wildman–Crippen LogP) is -0.0276. The van der Waals surface area contributed by atoms with Crippen LogP contribution in [-0.4, -0.2) is 85.5 Å². The molecule has 8 heteroatoms. The minimum atomic E-state index is -0.369. The van der Waals surface area contributed by atoms with E-state index in [9.17, 15) is 9.90 Å². The Balaban J connectivity index is 1.74. The maximum Gasteiger partial charge on any atom is 0.289 e. The number of nitrogens with one attached hydrogen (secondary N) is 1. The fraction of sp³-hybridized carbons (Fsp3) is 0.722. The Bertz CT molecular complexity index is 670. The lowest BCUT2D eigenvalue weighted by molar-refractivity contribution is -0.133. The Labute approximate surface area is 154 Å². The molecule has 1 atom stereocenters. The zero-order valence-electron chi connectivity index (χ0n) is 16.1. The van der Waals surface area contributed by atoms with Gasteiger partial charge in [-0.2, -0.15) is 0 Å². The van der Waals surface area contributed by atoms with Crippen molar-refractivity contribution in [2.24, 2.45) is 5.41 Å².